The second-order valence-corrected chi connectivity index (χ2v) is 18.5. The summed E-state index contributed by atoms with van der Waals surface area (Å²) >= 11 is 1.70. The Hall–Kier alpha value is -3.73. The first-order valence-corrected chi connectivity index (χ1v) is 19.4. The van der Waals surface area contributed by atoms with Gasteiger partial charge in [-0.15, -0.1) is 59.7 Å². The molecule has 1 radical (unpaired) electrons. The van der Waals surface area contributed by atoms with Crippen LogP contribution in [-0.4, -0.2) is 18.0 Å². The Bertz CT molecular complexity index is 2220. The summed E-state index contributed by atoms with van der Waals surface area (Å²) in [7, 11) is -1.23. The van der Waals surface area contributed by atoms with Crippen LogP contribution in [0.5, 0.6) is 0 Å². The number of rotatable bonds is 5. The molecule has 0 saturated carbocycles. The molecule has 3 heterocycles. The largest absolute Gasteiger partial charge is 0.305 e. The van der Waals surface area contributed by atoms with Crippen molar-refractivity contribution in [3.8, 4) is 33.6 Å². The van der Waals surface area contributed by atoms with E-state index < -0.39 is 20.8 Å². The quantitative estimate of drug-likeness (QED) is 0.128. The molecule has 0 saturated heterocycles. The molecule has 0 amide bonds. The maximum absolute atomic E-state index is 8.37. The first kappa shape index (κ1) is 28.5. The summed E-state index contributed by atoms with van der Waals surface area (Å²) in [5.41, 5.74) is 7.14. The third-order valence-corrected chi connectivity index (χ3v) is 11.1. The van der Waals surface area contributed by atoms with Crippen LogP contribution < -0.4 is 5.19 Å². The molecule has 4 aromatic carbocycles. The first-order chi connectivity index (χ1) is 23.2. The van der Waals surface area contributed by atoms with E-state index in [1.807, 2.05) is 74.6 Å². The van der Waals surface area contributed by atoms with Crippen molar-refractivity contribution >= 4 is 44.8 Å². The third-order valence-electron chi connectivity index (χ3n) is 7.86. The molecule has 0 bridgehead atoms. The number of aryl methyl sites for hydroxylation is 1. The predicted octanol–water partition coefficient (Wildman–Crippen LogP) is 11.1. The third kappa shape index (κ3) is 7.45. The Balaban J connectivity index is 0.000000241. The minimum atomic E-state index is -2.10. The fourth-order valence-corrected chi connectivity index (χ4v) is 7.48. The van der Waals surface area contributed by atoms with Crippen LogP contribution in [0.25, 0.3) is 53.8 Å². The molecular formula is C41H38IrN2SSi-2. The van der Waals surface area contributed by atoms with E-state index in [-0.39, 0.29) is 20.1 Å². The summed E-state index contributed by atoms with van der Waals surface area (Å²) in [6, 6.07) is 40.2. The smallest absolute Gasteiger partial charge is 0.0795 e. The standard InChI is InChI=1S/C27H22NS.C14H16NSi.Ir/c1-17(2)20-13-14-28-25(15-20)24-6-4-5-23-22-12-11-21(16-26(22)29-27(23)24)19-9-7-18(3)8-10-19;1-16(2,3)13-9-10-14(15-11-13)12-7-5-4-6-8-12;/h4-5,7-17H,1-3H3;4-7,9-11H,1-3H3;/q2*-1;/i3D3,17D;;. The zero-order valence-corrected chi connectivity index (χ0v) is 30.8. The van der Waals surface area contributed by atoms with Crippen LogP contribution in [0.15, 0.2) is 116 Å². The van der Waals surface area contributed by atoms with E-state index in [1.165, 1.54) is 10.6 Å². The van der Waals surface area contributed by atoms with Gasteiger partial charge in [0.2, 0.25) is 0 Å². The van der Waals surface area contributed by atoms with Crippen molar-refractivity contribution in [2.45, 2.75) is 46.2 Å². The van der Waals surface area contributed by atoms with Crippen LogP contribution in [-0.2, 0) is 20.1 Å². The van der Waals surface area contributed by atoms with E-state index in [0.29, 0.717) is 5.56 Å². The van der Waals surface area contributed by atoms with E-state index in [9.17, 15) is 0 Å². The Labute approximate surface area is 297 Å². The van der Waals surface area contributed by atoms with Gasteiger partial charge in [-0.25, -0.2) is 0 Å². The first-order valence-electron chi connectivity index (χ1n) is 17.1. The van der Waals surface area contributed by atoms with Gasteiger partial charge in [-0.3, -0.25) is 0 Å². The Morgan fingerprint density at radius 2 is 1.59 bits per heavy atom. The number of fused-ring (bicyclic) bond motifs is 3. The molecular weight excluding hydrogens is 773 g/mol. The van der Waals surface area contributed by atoms with Gasteiger partial charge >= 0.3 is 0 Å². The van der Waals surface area contributed by atoms with Crippen molar-refractivity contribution in [1.29, 1.82) is 0 Å². The average molecular weight is 815 g/mol. The van der Waals surface area contributed by atoms with Crippen molar-refractivity contribution in [3.05, 3.63) is 139 Å². The summed E-state index contributed by atoms with van der Waals surface area (Å²) in [5, 5.41) is 3.72. The van der Waals surface area contributed by atoms with E-state index in [1.54, 1.807) is 29.7 Å². The molecule has 3 aromatic heterocycles. The van der Waals surface area contributed by atoms with Crippen LogP contribution in [0.1, 0.15) is 36.4 Å². The van der Waals surface area contributed by atoms with Crippen LogP contribution in [0.3, 0.4) is 0 Å². The summed E-state index contributed by atoms with van der Waals surface area (Å²) in [6.07, 6.45) is 3.78. The van der Waals surface area contributed by atoms with Gasteiger partial charge in [-0.05, 0) is 62.7 Å². The second-order valence-electron chi connectivity index (χ2n) is 12.4. The average Bonchev–Trinajstić information content (AvgIpc) is 3.46. The molecule has 0 N–H and O–H groups in total. The fourth-order valence-electron chi connectivity index (χ4n) is 5.20. The van der Waals surface area contributed by atoms with Crippen molar-refractivity contribution < 1.29 is 25.6 Å². The van der Waals surface area contributed by atoms with Gasteiger partial charge in [0.25, 0.3) is 0 Å². The Kier molecular flexibility index (Phi) is 8.89. The van der Waals surface area contributed by atoms with Gasteiger partial charge in [0.1, 0.15) is 0 Å². The minimum absolute atomic E-state index is 0. The summed E-state index contributed by atoms with van der Waals surface area (Å²) in [5.74, 6) is -0.699. The molecule has 2 nitrogen and oxygen atoms in total. The van der Waals surface area contributed by atoms with Crippen molar-refractivity contribution in [1.82, 2.24) is 9.97 Å². The van der Waals surface area contributed by atoms with Gasteiger partial charge in [0, 0.05) is 42.7 Å². The molecule has 0 atom stereocenters. The molecule has 0 aliphatic heterocycles. The number of thiophene rings is 1. The number of hydrogen-bond donors (Lipinski definition) is 0. The number of aromatic nitrogens is 2. The molecule has 233 valence electrons. The van der Waals surface area contributed by atoms with E-state index in [0.717, 1.165) is 54.0 Å². The summed E-state index contributed by atoms with van der Waals surface area (Å²) < 4.78 is 33.4. The zero-order valence-electron chi connectivity index (χ0n) is 30.6. The van der Waals surface area contributed by atoms with E-state index in [4.69, 9.17) is 5.48 Å². The van der Waals surface area contributed by atoms with Crippen molar-refractivity contribution in [2.75, 3.05) is 0 Å². The zero-order chi connectivity index (χ0) is 35.0. The molecule has 46 heavy (non-hydrogen) atoms. The molecule has 0 spiro atoms. The van der Waals surface area contributed by atoms with E-state index in [2.05, 4.69) is 78.1 Å². The summed E-state index contributed by atoms with van der Waals surface area (Å²) in [6.45, 7) is 8.65. The van der Waals surface area contributed by atoms with Crippen LogP contribution in [0, 0.1) is 19.0 Å². The molecule has 0 unspecified atom stereocenters. The van der Waals surface area contributed by atoms with Crippen molar-refractivity contribution in [3.63, 3.8) is 0 Å². The normalized spacial score (nSPS) is 13.1. The van der Waals surface area contributed by atoms with Crippen molar-refractivity contribution in [2.24, 2.45) is 0 Å². The molecule has 0 aliphatic carbocycles. The molecule has 7 rings (SSSR count). The molecule has 5 heteroatoms. The van der Waals surface area contributed by atoms with Crippen LogP contribution in [0.4, 0.5) is 0 Å². The molecule has 0 fully saturated rings. The summed E-state index contributed by atoms with van der Waals surface area (Å²) in [4.78, 5) is 9.10. The second kappa shape index (κ2) is 14.4. The molecule has 0 aliphatic rings. The minimum Gasteiger partial charge on any atom is -0.305 e. The monoisotopic (exact) mass is 815 g/mol. The fraction of sp³-hybridized carbons (Fsp3) is 0.171. The molecule has 7 aromatic rings. The number of pyridine rings is 2. The Morgan fingerprint density at radius 1 is 0.783 bits per heavy atom. The Morgan fingerprint density at radius 3 is 2.26 bits per heavy atom. The predicted molar refractivity (Wildman–Crippen MR) is 197 cm³/mol. The van der Waals surface area contributed by atoms with Gasteiger partial charge in [0.05, 0.1) is 8.07 Å². The van der Waals surface area contributed by atoms with Gasteiger partial charge in [0.15, 0.2) is 0 Å². The number of benzene rings is 4. The maximum atomic E-state index is 8.37. The van der Waals surface area contributed by atoms with E-state index >= 15 is 0 Å². The number of nitrogens with zero attached hydrogens (tertiary/aromatic N) is 2. The van der Waals surface area contributed by atoms with Gasteiger partial charge < -0.3 is 9.97 Å². The SMILES string of the molecule is C[Si](C)(C)c1ccc(-c2[c-]cccc2)nc1.[2H]C([2H])([2H])c1ccc(-c2ccc3c(c2)sc2c(-c4cc(C([2H])(C)C)ccn4)[c-]ccc23)cc1.[Ir]. The number of hydrogen-bond acceptors (Lipinski definition) is 3. The van der Waals surface area contributed by atoms with Crippen LogP contribution >= 0.6 is 11.3 Å². The van der Waals surface area contributed by atoms with Gasteiger partial charge in [-0.2, -0.15) is 11.3 Å². The van der Waals surface area contributed by atoms with Crippen LogP contribution in [0.2, 0.25) is 19.6 Å². The van der Waals surface area contributed by atoms with Gasteiger partial charge in [-0.1, -0.05) is 105 Å². The topological polar surface area (TPSA) is 25.8 Å². The maximum Gasteiger partial charge on any atom is 0.0795 e.